The topological polar surface area (TPSA) is 29.1 Å². The summed E-state index contributed by atoms with van der Waals surface area (Å²) in [6, 6.07) is 0. The summed E-state index contributed by atoms with van der Waals surface area (Å²) < 4.78 is 38.2. The SMILES string of the molecule is CC(C)(CCCCl)CNC(=O)C1CCCC(C(F)(F)F)C1. The summed E-state index contributed by atoms with van der Waals surface area (Å²) in [7, 11) is 0. The number of carbonyl (C=O) groups is 1. The average molecular weight is 328 g/mol. The minimum absolute atomic E-state index is 0.0720. The zero-order valence-electron chi connectivity index (χ0n) is 12.7. The Bertz CT molecular complexity index is 344. The molecule has 0 saturated heterocycles. The standard InChI is InChI=1S/C15H25ClF3NO/c1-14(2,7-4-8-16)10-20-13(21)11-5-3-6-12(9-11)15(17,18)19/h11-12H,3-10H2,1-2H3,(H,20,21). The first-order valence-electron chi connectivity index (χ1n) is 7.56. The Morgan fingerprint density at radius 1 is 1.29 bits per heavy atom. The van der Waals surface area contributed by atoms with Gasteiger partial charge in [-0.2, -0.15) is 13.2 Å². The largest absolute Gasteiger partial charge is 0.391 e. The van der Waals surface area contributed by atoms with Gasteiger partial charge in [-0.15, -0.1) is 11.6 Å². The Hall–Kier alpha value is -0.450. The van der Waals surface area contributed by atoms with E-state index in [0.29, 0.717) is 25.3 Å². The van der Waals surface area contributed by atoms with Gasteiger partial charge in [0.2, 0.25) is 5.91 Å². The van der Waals surface area contributed by atoms with Crippen LogP contribution in [0.5, 0.6) is 0 Å². The highest BCUT2D eigenvalue weighted by Gasteiger charge is 2.43. The van der Waals surface area contributed by atoms with Crippen LogP contribution in [0.3, 0.4) is 0 Å². The summed E-state index contributed by atoms with van der Waals surface area (Å²) in [5.41, 5.74) is -0.0807. The molecule has 21 heavy (non-hydrogen) atoms. The fraction of sp³-hybridized carbons (Fsp3) is 0.933. The molecule has 1 aliphatic carbocycles. The van der Waals surface area contributed by atoms with Crippen LogP contribution in [0.2, 0.25) is 0 Å². The maximum absolute atomic E-state index is 12.7. The smallest absolute Gasteiger partial charge is 0.355 e. The van der Waals surface area contributed by atoms with Crippen molar-refractivity contribution in [2.75, 3.05) is 12.4 Å². The van der Waals surface area contributed by atoms with E-state index in [0.717, 1.165) is 12.8 Å². The van der Waals surface area contributed by atoms with E-state index in [4.69, 9.17) is 11.6 Å². The molecule has 2 nitrogen and oxygen atoms in total. The third-order valence-electron chi connectivity index (χ3n) is 4.24. The third kappa shape index (κ3) is 6.45. The van der Waals surface area contributed by atoms with Crippen LogP contribution >= 0.6 is 11.6 Å². The predicted octanol–water partition coefficient (Wildman–Crippen LogP) is 4.52. The van der Waals surface area contributed by atoms with Gasteiger partial charge < -0.3 is 5.32 Å². The number of hydrogen-bond donors (Lipinski definition) is 1. The molecule has 0 spiro atoms. The average Bonchev–Trinajstić information content (AvgIpc) is 2.42. The van der Waals surface area contributed by atoms with E-state index in [1.165, 1.54) is 0 Å². The summed E-state index contributed by atoms with van der Waals surface area (Å²) in [6.45, 7) is 4.54. The van der Waals surface area contributed by atoms with E-state index in [1.807, 2.05) is 13.8 Å². The fourth-order valence-electron chi connectivity index (χ4n) is 2.83. The van der Waals surface area contributed by atoms with Crippen LogP contribution in [0.1, 0.15) is 52.4 Å². The lowest BCUT2D eigenvalue weighted by atomic mass is 9.80. The van der Waals surface area contributed by atoms with Gasteiger partial charge in [0.15, 0.2) is 0 Å². The van der Waals surface area contributed by atoms with Gasteiger partial charge in [0, 0.05) is 18.3 Å². The van der Waals surface area contributed by atoms with Gasteiger partial charge in [-0.1, -0.05) is 20.3 Å². The minimum Gasteiger partial charge on any atom is -0.355 e. The van der Waals surface area contributed by atoms with Crippen molar-refractivity contribution in [2.24, 2.45) is 17.3 Å². The number of amides is 1. The van der Waals surface area contributed by atoms with Crippen molar-refractivity contribution in [3.8, 4) is 0 Å². The van der Waals surface area contributed by atoms with Crippen LogP contribution in [-0.2, 0) is 4.79 Å². The first kappa shape index (κ1) is 18.6. The molecule has 0 radical (unpaired) electrons. The molecule has 0 aromatic carbocycles. The van der Waals surface area contributed by atoms with Crippen molar-refractivity contribution < 1.29 is 18.0 Å². The molecule has 2 unspecified atom stereocenters. The maximum Gasteiger partial charge on any atom is 0.391 e. The van der Waals surface area contributed by atoms with Gasteiger partial charge in [0.05, 0.1) is 5.92 Å². The van der Waals surface area contributed by atoms with Gasteiger partial charge in [0.25, 0.3) is 0 Å². The van der Waals surface area contributed by atoms with Gasteiger partial charge in [-0.05, 0) is 37.5 Å². The number of alkyl halides is 4. The zero-order chi connectivity index (χ0) is 16.1. The Labute approximate surface area is 129 Å². The molecule has 0 heterocycles. The molecule has 1 saturated carbocycles. The molecule has 0 aliphatic heterocycles. The summed E-state index contributed by atoms with van der Waals surface area (Å²) in [5.74, 6) is -1.49. The number of carbonyl (C=O) groups excluding carboxylic acids is 1. The van der Waals surface area contributed by atoms with Gasteiger partial charge >= 0.3 is 6.18 Å². The first-order chi connectivity index (χ1) is 9.65. The van der Waals surface area contributed by atoms with Crippen molar-refractivity contribution >= 4 is 17.5 Å². The summed E-state index contributed by atoms with van der Waals surface area (Å²) in [4.78, 5) is 12.1. The first-order valence-corrected chi connectivity index (χ1v) is 8.09. The second-order valence-electron chi connectivity index (χ2n) is 6.78. The van der Waals surface area contributed by atoms with Crippen molar-refractivity contribution in [2.45, 2.75) is 58.5 Å². The van der Waals surface area contributed by atoms with Crippen LogP contribution < -0.4 is 5.32 Å². The van der Waals surface area contributed by atoms with Crippen LogP contribution in [-0.4, -0.2) is 24.5 Å². The summed E-state index contributed by atoms with van der Waals surface area (Å²) >= 11 is 5.66. The second-order valence-corrected chi connectivity index (χ2v) is 7.15. The monoisotopic (exact) mass is 327 g/mol. The van der Waals surface area contributed by atoms with Crippen LogP contribution in [0.25, 0.3) is 0 Å². The number of nitrogens with one attached hydrogen (secondary N) is 1. The highest BCUT2D eigenvalue weighted by molar-refractivity contribution is 6.17. The molecule has 124 valence electrons. The molecular weight excluding hydrogens is 303 g/mol. The molecule has 0 aromatic heterocycles. The molecule has 0 bridgehead atoms. The van der Waals surface area contributed by atoms with E-state index in [-0.39, 0.29) is 24.2 Å². The Kier molecular flexibility index (Phi) is 6.82. The summed E-state index contributed by atoms with van der Waals surface area (Å²) in [5, 5.41) is 2.82. The van der Waals surface area contributed by atoms with Crippen LogP contribution in [0, 0.1) is 17.3 Å². The van der Waals surface area contributed by atoms with E-state index in [1.54, 1.807) is 0 Å². The molecule has 2 atom stereocenters. The lowest BCUT2D eigenvalue weighted by Gasteiger charge is -2.31. The fourth-order valence-corrected chi connectivity index (χ4v) is 2.96. The van der Waals surface area contributed by atoms with Crippen molar-refractivity contribution in [3.63, 3.8) is 0 Å². The normalized spacial score (nSPS) is 23.9. The van der Waals surface area contributed by atoms with E-state index in [9.17, 15) is 18.0 Å². The molecule has 6 heteroatoms. The van der Waals surface area contributed by atoms with Gasteiger partial charge in [0.1, 0.15) is 0 Å². The summed E-state index contributed by atoms with van der Waals surface area (Å²) in [6.07, 6.45) is -1.33. The highest BCUT2D eigenvalue weighted by atomic mass is 35.5. The highest BCUT2D eigenvalue weighted by Crippen LogP contribution is 2.40. The predicted molar refractivity (Wildman–Crippen MR) is 78.2 cm³/mol. The Balaban J connectivity index is 2.44. The Morgan fingerprint density at radius 3 is 2.52 bits per heavy atom. The minimum atomic E-state index is -4.18. The molecule has 1 amide bonds. The molecule has 1 aliphatic rings. The number of rotatable bonds is 6. The van der Waals surface area contributed by atoms with E-state index < -0.39 is 18.0 Å². The van der Waals surface area contributed by atoms with Crippen LogP contribution in [0.15, 0.2) is 0 Å². The van der Waals surface area contributed by atoms with Crippen molar-refractivity contribution in [1.82, 2.24) is 5.32 Å². The zero-order valence-corrected chi connectivity index (χ0v) is 13.5. The van der Waals surface area contributed by atoms with Crippen molar-refractivity contribution in [1.29, 1.82) is 0 Å². The molecule has 1 N–H and O–H groups in total. The van der Waals surface area contributed by atoms with Crippen molar-refractivity contribution in [3.05, 3.63) is 0 Å². The lowest BCUT2D eigenvalue weighted by molar-refractivity contribution is -0.186. The van der Waals surface area contributed by atoms with Gasteiger partial charge in [-0.25, -0.2) is 0 Å². The molecule has 1 fully saturated rings. The number of hydrogen-bond acceptors (Lipinski definition) is 1. The van der Waals surface area contributed by atoms with E-state index >= 15 is 0 Å². The number of halogens is 4. The molecule has 0 aromatic rings. The molecule has 1 rings (SSSR count). The van der Waals surface area contributed by atoms with Crippen LogP contribution in [0.4, 0.5) is 13.2 Å². The lowest BCUT2D eigenvalue weighted by Crippen LogP contribution is -2.41. The molecular formula is C15H25ClF3NO. The van der Waals surface area contributed by atoms with E-state index in [2.05, 4.69) is 5.32 Å². The third-order valence-corrected chi connectivity index (χ3v) is 4.50. The maximum atomic E-state index is 12.7. The Morgan fingerprint density at radius 2 is 1.95 bits per heavy atom. The second kappa shape index (κ2) is 7.70. The van der Waals surface area contributed by atoms with Gasteiger partial charge in [-0.3, -0.25) is 4.79 Å². The quantitative estimate of drug-likeness (QED) is 0.714.